The third-order valence-electron chi connectivity index (χ3n) is 4.01. The molecule has 102 valence electrons. The van der Waals surface area contributed by atoms with Crippen molar-refractivity contribution in [3.05, 3.63) is 35.6 Å². The molecule has 0 atom stereocenters. The van der Waals surface area contributed by atoms with Crippen LogP contribution in [0.3, 0.4) is 0 Å². The Bertz CT molecular complexity index is 541. The van der Waals surface area contributed by atoms with Crippen LogP contribution >= 0.6 is 0 Å². The molecule has 19 heavy (non-hydrogen) atoms. The summed E-state index contributed by atoms with van der Waals surface area (Å²) in [5.74, 6) is 1.08. The molecule has 0 spiro atoms. The van der Waals surface area contributed by atoms with Gasteiger partial charge in [-0.2, -0.15) is 0 Å². The second kappa shape index (κ2) is 5.76. The van der Waals surface area contributed by atoms with Gasteiger partial charge >= 0.3 is 0 Å². The monoisotopic (exact) mass is 258 g/mol. The summed E-state index contributed by atoms with van der Waals surface area (Å²) in [6.45, 7) is 7.92. The van der Waals surface area contributed by atoms with Gasteiger partial charge in [0.1, 0.15) is 11.3 Å². The number of rotatable bonds is 4. The second-order valence-electron chi connectivity index (χ2n) is 5.33. The number of furan rings is 1. The normalized spacial score (nSPS) is 17.1. The molecule has 0 aliphatic carbocycles. The molecule has 1 fully saturated rings. The molecule has 1 aliphatic rings. The highest BCUT2D eigenvalue weighted by molar-refractivity contribution is 5.82. The lowest BCUT2D eigenvalue weighted by Gasteiger charge is -2.27. The van der Waals surface area contributed by atoms with Gasteiger partial charge < -0.3 is 14.6 Å². The standard InChI is InChI=1S/C16H22N2O/c1-13-14(15-5-2-3-7-16(15)19-13)6-4-10-18-11-8-17-9-12-18/h2-3,5,7,17H,4,6,8-12H2,1H3. The van der Waals surface area contributed by atoms with Crippen molar-refractivity contribution in [2.24, 2.45) is 0 Å². The molecule has 3 nitrogen and oxygen atoms in total. The first-order valence-corrected chi connectivity index (χ1v) is 7.24. The van der Waals surface area contributed by atoms with E-state index in [1.54, 1.807) is 0 Å². The van der Waals surface area contributed by atoms with E-state index in [0.717, 1.165) is 30.9 Å². The maximum atomic E-state index is 5.82. The molecule has 0 radical (unpaired) electrons. The van der Waals surface area contributed by atoms with Crippen molar-refractivity contribution in [3.63, 3.8) is 0 Å². The maximum Gasteiger partial charge on any atom is 0.134 e. The number of para-hydroxylation sites is 1. The minimum Gasteiger partial charge on any atom is -0.461 e. The zero-order valence-corrected chi connectivity index (χ0v) is 11.6. The molecule has 2 aromatic rings. The van der Waals surface area contributed by atoms with E-state index in [1.165, 1.54) is 37.0 Å². The molecule has 3 rings (SSSR count). The van der Waals surface area contributed by atoms with Crippen LogP contribution in [0.5, 0.6) is 0 Å². The molecule has 0 amide bonds. The van der Waals surface area contributed by atoms with Gasteiger partial charge in [-0.1, -0.05) is 18.2 Å². The van der Waals surface area contributed by atoms with Crippen LogP contribution in [0.2, 0.25) is 0 Å². The average Bonchev–Trinajstić information content (AvgIpc) is 2.76. The second-order valence-corrected chi connectivity index (χ2v) is 5.33. The Labute approximate surface area is 114 Å². The molecule has 1 aromatic heterocycles. The molecule has 1 saturated heterocycles. The first kappa shape index (κ1) is 12.7. The molecule has 0 unspecified atom stereocenters. The number of nitrogens with one attached hydrogen (secondary N) is 1. The van der Waals surface area contributed by atoms with Crippen LogP contribution in [0.1, 0.15) is 17.7 Å². The van der Waals surface area contributed by atoms with Crippen molar-refractivity contribution in [2.45, 2.75) is 19.8 Å². The Kier molecular flexibility index (Phi) is 3.85. The highest BCUT2D eigenvalue weighted by Gasteiger charge is 2.12. The fourth-order valence-corrected chi connectivity index (χ4v) is 2.95. The van der Waals surface area contributed by atoms with Crippen LogP contribution in [0.25, 0.3) is 11.0 Å². The summed E-state index contributed by atoms with van der Waals surface area (Å²) in [6, 6.07) is 8.36. The van der Waals surface area contributed by atoms with E-state index in [4.69, 9.17) is 4.42 Å². The van der Waals surface area contributed by atoms with Gasteiger partial charge in [0.05, 0.1) is 0 Å². The van der Waals surface area contributed by atoms with Gasteiger partial charge in [-0.3, -0.25) is 0 Å². The molecule has 3 heteroatoms. The van der Waals surface area contributed by atoms with Gasteiger partial charge in [0, 0.05) is 37.1 Å². The predicted octanol–water partition coefficient (Wildman–Crippen LogP) is 2.58. The van der Waals surface area contributed by atoms with Gasteiger partial charge in [-0.15, -0.1) is 0 Å². The summed E-state index contributed by atoms with van der Waals surface area (Å²) < 4.78 is 5.82. The molecule has 1 aromatic carbocycles. The van der Waals surface area contributed by atoms with E-state index >= 15 is 0 Å². The van der Waals surface area contributed by atoms with Crippen LogP contribution < -0.4 is 5.32 Å². The molecular formula is C16H22N2O. The summed E-state index contributed by atoms with van der Waals surface area (Å²) in [7, 11) is 0. The quantitative estimate of drug-likeness (QED) is 0.913. The van der Waals surface area contributed by atoms with Crippen LogP contribution in [0.15, 0.2) is 28.7 Å². The first-order chi connectivity index (χ1) is 9.34. The van der Waals surface area contributed by atoms with Crippen molar-refractivity contribution in [3.8, 4) is 0 Å². The van der Waals surface area contributed by atoms with Crippen LogP contribution in [-0.4, -0.2) is 37.6 Å². The number of hydrogen-bond acceptors (Lipinski definition) is 3. The average molecular weight is 258 g/mol. The minimum absolute atomic E-state index is 1.03. The Morgan fingerprint density at radius 1 is 1.21 bits per heavy atom. The van der Waals surface area contributed by atoms with Crippen molar-refractivity contribution in [2.75, 3.05) is 32.7 Å². The fourth-order valence-electron chi connectivity index (χ4n) is 2.95. The number of benzene rings is 1. The van der Waals surface area contributed by atoms with Crippen molar-refractivity contribution in [1.82, 2.24) is 10.2 Å². The molecular weight excluding hydrogens is 236 g/mol. The van der Waals surface area contributed by atoms with Crippen LogP contribution in [0, 0.1) is 6.92 Å². The van der Waals surface area contributed by atoms with E-state index in [-0.39, 0.29) is 0 Å². The highest BCUT2D eigenvalue weighted by Crippen LogP contribution is 2.26. The number of nitrogens with zero attached hydrogens (tertiary/aromatic N) is 1. The molecule has 1 aliphatic heterocycles. The van der Waals surface area contributed by atoms with E-state index in [1.807, 2.05) is 6.07 Å². The Balaban J connectivity index is 1.63. The zero-order chi connectivity index (χ0) is 13.1. The fraction of sp³-hybridized carbons (Fsp3) is 0.500. The highest BCUT2D eigenvalue weighted by atomic mass is 16.3. The lowest BCUT2D eigenvalue weighted by Crippen LogP contribution is -2.43. The predicted molar refractivity (Wildman–Crippen MR) is 78.6 cm³/mol. The van der Waals surface area contributed by atoms with Gasteiger partial charge in [0.25, 0.3) is 0 Å². The Morgan fingerprint density at radius 3 is 2.84 bits per heavy atom. The summed E-state index contributed by atoms with van der Waals surface area (Å²) in [6.07, 6.45) is 2.33. The van der Waals surface area contributed by atoms with Crippen molar-refractivity contribution in [1.29, 1.82) is 0 Å². The number of aryl methyl sites for hydroxylation is 2. The van der Waals surface area contributed by atoms with Gasteiger partial charge in [-0.05, 0) is 32.4 Å². The minimum atomic E-state index is 1.03. The van der Waals surface area contributed by atoms with E-state index < -0.39 is 0 Å². The number of hydrogen-bond donors (Lipinski definition) is 1. The van der Waals surface area contributed by atoms with Gasteiger partial charge in [0.2, 0.25) is 0 Å². The number of fused-ring (bicyclic) bond motifs is 1. The lowest BCUT2D eigenvalue weighted by molar-refractivity contribution is 0.238. The third-order valence-corrected chi connectivity index (χ3v) is 4.01. The summed E-state index contributed by atoms with van der Waals surface area (Å²) in [5, 5.41) is 4.69. The van der Waals surface area contributed by atoms with Crippen LogP contribution in [-0.2, 0) is 6.42 Å². The van der Waals surface area contributed by atoms with Crippen molar-refractivity contribution >= 4 is 11.0 Å². The summed E-state index contributed by atoms with van der Waals surface area (Å²) in [4.78, 5) is 2.55. The first-order valence-electron chi connectivity index (χ1n) is 7.24. The van der Waals surface area contributed by atoms with E-state index in [2.05, 4.69) is 35.3 Å². The van der Waals surface area contributed by atoms with E-state index in [9.17, 15) is 0 Å². The van der Waals surface area contributed by atoms with E-state index in [0.29, 0.717) is 0 Å². The Morgan fingerprint density at radius 2 is 2.00 bits per heavy atom. The SMILES string of the molecule is Cc1oc2ccccc2c1CCCN1CCNCC1. The van der Waals surface area contributed by atoms with Crippen molar-refractivity contribution < 1.29 is 4.42 Å². The molecule has 0 saturated carbocycles. The lowest BCUT2D eigenvalue weighted by atomic mass is 10.1. The summed E-state index contributed by atoms with van der Waals surface area (Å²) >= 11 is 0. The maximum absolute atomic E-state index is 5.82. The molecule has 0 bridgehead atoms. The topological polar surface area (TPSA) is 28.4 Å². The number of piperazine rings is 1. The largest absolute Gasteiger partial charge is 0.461 e. The van der Waals surface area contributed by atoms with Gasteiger partial charge in [-0.25, -0.2) is 0 Å². The van der Waals surface area contributed by atoms with Gasteiger partial charge in [0.15, 0.2) is 0 Å². The Hall–Kier alpha value is -1.32. The van der Waals surface area contributed by atoms with Crippen LogP contribution in [0.4, 0.5) is 0 Å². The smallest absolute Gasteiger partial charge is 0.134 e. The molecule has 2 heterocycles. The third kappa shape index (κ3) is 2.82. The zero-order valence-electron chi connectivity index (χ0n) is 11.6. The molecule has 1 N–H and O–H groups in total. The summed E-state index contributed by atoms with van der Waals surface area (Å²) in [5.41, 5.74) is 2.42.